The molecular weight excluding hydrogens is 328 g/mol. The second kappa shape index (κ2) is 10.4. The molecule has 3 heteroatoms. The SMILES string of the molecule is CC(CCCc1ccccc1)N=NC(C)(Cl)CCCc1ccccc1. The van der Waals surface area contributed by atoms with Gasteiger partial charge in [0, 0.05) is 0 Å². The molecule has 0 radical (unpaired) electrons. The number of azo groups is 1. The molecule has 0 saturated carbocycles. The smallest absolute Gasteiger partial charge is 0.151 e. The number of alkyl halides is 1. The first-order valence-corrected chi connectivity index (χ1v) is 9.62. The highest BCUT2D eigenvalue weighted by Gasteiger charge is 2.19. The molecule has 0 aliphatic rings. The van der Waals surface area contributed by atoms with Crippen molar-refractivity contribution >= 4 is 11.6 Å². The maximum absolute atomic E-state index is 6.52. The van der Waals surface area contributed by atoms with E-state index in [0.717, 1.165) is 38.5 Å². The summed E-state index contributed by atoms with van der Waals surface area (Å²) in [4.78, 5) is -0.595. The van der Waals surface area contributed by atoms with Crippen molar-refractivity contribution in [3.8, 4) is 0 Å². The standard InChI is InChI=1S/C22H29ClN2/c1-19(11-9-16-20-12-5-3-6-13-20)24-25-22(2,23)18-10-17-21-14-7-4-8-15-21/h3-8,12-15,19H,9-11,16-18H2,1-2H3. The van der Waals surface area contributed by atoms with Crippen molar-refractivity contribution in [1.82, 2.24) is 0 Å². The van der Waals surface area contributed by atoms with Gasteiger partial charge in [-0.1, -0.05) is 72.3 Å². The van der Waals surface area contributed by atoms with Gasteiger partial charge in [0.1, 0.15) is 0 Å². The molecule has 0 saturated heterocycles. The largest absolute Gasteiger partial charge is 0.189 e. The van der Waals surface area contributed by atoms with Crippen LogP contribution in [-0.2, 0) is 12.8 Å². The van der Waals surface area contributed by atoms with Crippen LogP contribution < -0.4 is 0 Å². The van der Waals surface area contributed by atoms with E-state index < -0.39 is 5.00 Å². The third-order valence-electron chi connectivity index (χ3n) is 4.33. The monoisotopic (exact) mass is 356 g/mol. The Morgan fingerprint density at radius 1 is 0.880 bits per heavy atom. The van der Waals surface area contributed by atoms with Crippen LogP contribution in [0.3, 0.4) is 0 Å². The maximum atomic E-state index is 6.52. The van der Waals surface area contributed by atoms with Crippen molar-refractivity contribution in [2.45, 2.75) is 63.4 Å². The van der Waals surface area contributed by atoms with E-state index in [0.29, 0.717) is 0 Å². The van der Waals surface area contributed by atoms with E-state index in [1.165, 1.54) is 11.1 Å². The first-order valence-electron chi connectivity index (χ1n) is 9.24. The third kappa shape index (κ3) is 8.31. The van der Waals surface area contributed by atoms with Crippen LogP contribution in [0.2, 0.25) is 0 Å². The topological polar surface area (TPSA) is 24.7 Å². The Bertz CT molecular complexity index is 623. The van der Waals surface area contributed by atoms with Crippen molar-refractivity contribution in [3.63, 3.8) is 0 Å². The van der Waals surface area contributed by atoms with Crippen LogP contribution in [0.4, 0.5) is 0 Å². The highest BCUT2D eigenvalue weighted by molar-refractivity contribution is 6.23. The molecule has 2 unspecified atom stereocenters. The normalized spacial score (nSPS) is 15.2. The fourth-order valence-electron chi connectivity index (χ4n) is 2.83. The van der Waals surface area contributed by atoms with Crippen LogP contribution in [0.25, 0.3) is 0 Å². The Morgan fingerprint density at radius 2 is 1.40 bits per heavy atom. The van der Waals surface area contributed by atoms with Crippen LogP contribution in [0.15, 0.2) is 70.9 Å². The number of aryl methyl sites for hydroxylation is 2. The number of rotatable bonds is 10. The lowest BCUT2D eigenvalue weighted by atomic mass is 10.1. The summed E-state index contributed by atoms with van der Waals surface area (Å²) in [7, 11) is 0. The van der Waals surface area contributed by atoms with Crippen molar-refractivity contribution in [1.29, 1.82) is 0 Å². The van der Waals surface area contributed by atoms with Gasteiger partial charge in [0.15, 0.2) is 5.00 Å². The Labute approximate surface area is 157 Å². The van der Waals surface area contributed by atoms with Gasteiger partial charge in [0.2, 0.25) is 0 Å². The fraction of sp³-hybridized carbons (Fsp3) is 0.455. The maximum Gasteiger partial charge on any atom is 0.151 e. The van der Waals surface area contributed by atoms with Gasteiger partial charge in [0.25, 0.3) is 0 Å². The minimum Gasteiger partial charge on any atom is -0.189 e. The zero-order valence-corrected chi connectivity index (χ0v) is 16.1. The minimum absolute atomic E-state index is 0.218. The summed E-state index contributed by atoms with van der Waals surface area (Å²) in [5.74, 6) is 0. The van der Waals surface area contributed by atoms with E-state index in [4.69, 9.17) is 11.6 Å². The van der Waals surface area contributed by atoms with Gasteiger partial charge >= 0.3 is 0 Å². The predicted octanol–water partition coefficient (Wildman–Crippen LogP) is 6.83. The molecule has 0 aliphatic carbocycles. The van der Waals surface area contributed by atoms with Gasteiger partial charge < -0.3 is 0 Å². The van der Waals surface area contributed by atoms with Crippen LogP contribution in [0, 0.1) is 0 Å². The van der Waals surface area contributed by atoms with Crippen molar-refractivity contribution in [3.05, 3.63) is 71.8 Å². The predicted molar refractivity (Wildman–Crippen MR) is 107 cm³/mol. The third-order valence-corrected chi connectivity index (χ3v) is 4.60. The molecule has 0 bridgehead atoms. The molecule has 134 valence electrons. The fourth-order valence-corrected chi connectivity index (χ4v) is 3.01. The minimum atomic E-state index is -0.595. The van der Waals surface area contributed by atoms with E-state index >= 15 is 0 Å². The summed E-state index contributed by atoms with van der Waals surface area (Å²) in [6, 6.07) is 21.3. The van der Waals surface area contributed by atoms with Crippen molar-refractivity contribution in [2.75, 3.05) is 0 Å². The number of hydrogen-bond donors (Lipinski definition) is 0. The second-order valence-corrected chi connectivity index (χ2v) is 7.74. The van der Waals surface area contributed by atoms with E-state index in [1.54, 1.807) is 0 Å². The molecule has 0 aliphatic heterocycles. The van der Waals surface area contributed by atoms with Gasteiger partial charge in [-0.05, 0) is 63.5 Å². The average Bonchev–Trinajstić information content (AvgIpc) is 2.62. The summed E-state index contributed by atoms with van der Waals surface area (Å²) in [6.45, 7) is 4.07. The molecule has 0 amide bonds. The zero-order chi connectivity index (χ0) is 18.0. The Kier molecular flexibility index (Phi) is 8.14. The second-order valence-electron chi connectivity index (χ2n) is 6.92. The van der Waals surface area contributed by atoms with Gasteiger partial charge in [0.05, 0.1) is 6.04 Å². The Morgan fingerprint density at radius 3 is 1.96 bits per heavy atom. The van der Waals surface area contributed by atoms with Gasteiger partial charge in [-0.2, -0.15) is 10.2 Å². The summed E-state index contributed by atoms with van der Waals surface area (Å²) < 4.78 is 0. The highest BCUT2D eigenvalue weighted by Crippen LogP contribution is 2.25. The van der Waals surface area contributed by atoms with Crippen molar-refractivity contribution < 1.29 is 0 Å². The summed E-state index contributed by atoms with van der Waals surface area (Å²) in [5, 5.41) is 8.85. The van der Waals surface area contributed by atoms with Crippen LogP contribution in [-0.4, -0.2) is 11.0 Å². The Balaban J connectivity index is 1.67. The lowest BCUT2D eigenvalue weighted by Crippen LogP contribution is -2.13. The molecule has 2 rings (SSSR count). The lowest BCUT2D eigenvalue weighted by molar-refractivity contribution is 0.506. The lowest BCUT2D eigenvalue weighted by Gasteiger charge is -2.16. The van der Waals surface area contributed by atoms with Crippen LogP contribution in [0.5, 0.6) is 0 Å². The molecule has 2 nitrogen and oxygen atoms in total. The molecule has 0 aromatic heterocycles. The molecule has 2 aromatic carbocycles. The summed E-state index contributed by atoms with van der Waals surface area (Å²) in [6.07, 6.45) is 6.14. The van der Waals surface area contributed by atoms with Gasteiger partial charge in [-0.3, -0.25) is 0 Å². The molecule has 2 aromatic rings. The average molecular weight is 357 g/mol. The van der Waals surface area contributed by atoms with E-state index in [9.17, 15) is 0 Å². The van der Waals surface area contributed by atoms with Crippen molar-refractivity contribution in [2.24, 2.45) is 10.2 Å². The summed E-state index contributed by atoms with van der Waals surface area (Å²) in [5.41, 5.74) is 2.73. The molecule has 0 spiro atoms. The van der Waals surface area contributed by atoms with Gasteiger partial charge in [-0.15, -0.1) is 0 Å². The van der Waals surface area contributed by atoms with E-state index in [-0.39, 0.29) is 6.04 Å². The molecule has 0 heterocycles. The van der Waals surface area contributed by atoms with E-state index in [1.807, 2.05) is 13.0 Å². The quantitative estimate of drug-likeness (QED) is 0.253. The molecule has 25 heavy (non-hydrogen) atoms. The first kappa shape index (κ1) is 19.7. The number of benzene rings is 2. The summed E-state index contributed by atoms with van der Waals surface area (Å²) >= 11 is 6.52. The zero-order valence-electron chi connectivity index (χ0n) is 15.4. The Hall–Kier alpha value is -1.67. The van der Waals surface area contributed by atoms with Crippen LogP contribution in [0.1, 0.15) is 50.7 Å². The number of hydrogen-bond acceptors (Lipinski definition) is 2. The first-order chi connectivity index (χ1) is 12.1. The molecule has 0 fully saturated rings. The molecular formula is C22H29ClN2. The van der Waals surface area contributed by atoms with Gasteiger partial charge in [-0.25, -0.2) is 0 Å². The van der Waals surface area contributed by atoms with Crippen LogP contribution >= 0.6 is 11.6 Å². The molecule has 2 atom stereocenters. The highest BCUT2D eigenvalue weighted by atomic mass is 35.5. The van der Waals surface area contributed by atoms with E-state index in [2.05, 4.69) is 71.7 Å². The number of halogens is 1. The number of nitrogens with zero attached hydrogens (tertiary/aromatic N) is 2. The molecule has 0 N–H and O–H groups in total.